The van der Waals surface area contributed by atoms with Crippen LogP contribution in [0.5, 0.6) is 0 Å². The van der Waals surface area contributed by atoms with Crippen molar-refractivity contribution in [2.75, 3.05) is 31.1 Å². The summed E-state index contributed by atoms with van der Waals surface area (Å²) in [5.41, 5.74) is 3.34. The van der Waals surface area contributed by atoms with Gasteiger partial charge >= 0.3 is 0 Å². The fourth-order valence-corrected chi connectivity index (χ4v) is 3.79. The lowest BCUT2D eigenvalue weighted by molar-refractivity contribution is -0.384. The predicted molar refractivity (Wildman–Crippen MR) is 102 cm³/mol. The van der Waals surface area contributed by atoms with Crippen molar-refractivity contribution in [1.82, 2.24) is 14.7 Å². The normalized spacial score (nSPS) is 15.3. The predicted octanol–water partition coefficient (Wildman–Crippen LogP) is 3.30. The molecule has 0 spiro atoms. The van der Waals surface area contributed by atoms with Gasteiger partial charge in [0, 0.05) is 61.1 Å². The number of thiophene rings is 1. The Balaban J connectivity index is 1.33. The SMILES string of the molecule is O=[N+]([O-])c1ccc(N2CCN(Cn3ccc(-c4ccsc4)n3)CC2)cc1. The molecule has 0 N–H and O–H groups in total. The van der Waals surface area contributed by atoms with E-state index in [2.05, 4.69) is 37.8 Å². The highest BCUT2D eigenvalue weighted by molar-refractivity contribution is 7.08. The Hall–Kier alpha value is -2.71. The number of nitro groups is 1. The van der Waals surface area contributed by atoms with Crippen molar-refractivity contribution >= 4 is 22.7 Å². The molecule has 0 bridgehead atoms. The van der Waals surface area contributed by atoms with E-state index in [1.54, 1.807) is 23.5 Å². The molecule has 1 saturated heterocycles. The molecule has 134 valence electrons. The van der Waals surface area contributed by atoms with Gasteiger partial charge in [-0.15, -0.1) is 0 Å². The second-order valence-electron chi connectivity index (χ2n) is 6.27. The molecule has 0 amide bonds. The lowest BCUT2D eigenvalue weighted by Crippen LogP contribution is -2.46. The van der Waals surface area contributed by atoms with E-state index in [0.29, 0.717) is 0 Å². The molecule has 0 atom stereocenters. The van der Waals surface area contributed by atoms with Crippen LogP contribution in [0.1, 0.15) is 0 Å². The summed E-state index contributed by atoms with van der Waals surface area (Å²) >= 11 is 1.68. The fraction of sp³-hybridized carbons (Fsp3) is 0.278. The molecule has 0 aliphatic carbocycles. The van der Waals surface area contributed by atoms with Crippen molar-refractivity contribution < 1.29 is 4.92 Å². The molecule has 26 heavy (non-hydrogen) atoms. The maximum Gasteiger partial charge on any atom is 0.269 e. The number of hydrogen-bond acceptors (Lipinski definition) is 6. The van der Waals surface area contributed by atoms with Crippen molar-refractivity contribution in [3.63, 3.8) is 0 Å². The van der Waals surface area contributed by atoms with E-state index in [-0.39, 0.29) is 10.6 Å². The van der Waals surface area contributed by atoms with Crippen LogP contribution >= 0.6 is 11.3 Å². The number of hydrogen-bond donors (Lipinski definition) is 0. The van der Waals surface area contributed by atoms with Crippen LogP contribution in [-0.4, -0.2) is 45.8 Å². The molecule has 0 unspecified atom stereocenters. The van der Waals surface area contributed by atoms with Gasteiger partial charge in [0.15, 0.2) is 0 Å². The average Bonchev–Trinajstić information content (AvgIpc) is 3.34. The molecule has 3 heterocycles. The topological polar surface area (TPSA) is 67.4 Å². The molecule has 4 rings (SSSR count). The third kappa shape index (κ3) is 3.61. The molecule has 3 aromatic rings. The molecule has 1 aliphatic heterocycles. The molecular weight excluding hydrogens is 350 g/mol. The first-order chi connectivity index (χ1) is 12.7. The third-order valence-corrected chi connectivity index (χ3v) is 5.28. The minimum Gasteiger partial charge on any atom is -0.369 e. The smallest absolute Gasteiger partial charge is 0.269 e. The monoisotopic (exact) mass is 369 g/mol. The number of aromatic nitrogens is 2. The van der Waals surface area contributed by atoms with Gasteiger partial charge in [-0.2, -0.15) is 16.4 Å². The van der Waals surface area contributed by atoms with E-state index in [1.807, 2.05) is 23.0 Å². The summed E-state index contributed by atoms with van der Waals surface area (Å²) < 4.78 is 1.98. The van der Waals surface area contributed by atoms with E-state index in [0.717, 1.165) is 49.8 Å². The molecule has 1 aromatic carbocycles. The number of benzene rings is 1. The van der Waals surface area contributed by atoms with Gasteiger partial charge in [-0.3, -0.25) is 19.7 Å². The number of non-ortho nitro benzene ring substituents is 1. The van der Waals surface area contributed by atoms with E-state index >= 15 is 0 Å². The van der Waals surface area contributed by atoms with Gasteiger partial charge in [0.1, 0.15) is 0 Å². The highest BCUT2D eigenvalue weighted by Gasteiger charge is 2.18. The van der Waals surface area contributed by atoms with Gasteiger partial charge in [-0.1, -0.05) is 0 Å². The van der Waals surface area contributed by atoms with Crippen LogP contribution in [0.2, 0.25) is 0 Å². The molecule has 0 saturated carbocycles. The molecule has 8 heteroatoms. The van der Waals surface area contributed by atoms with Crippen LogP contribution in [0.15, 0.2) is 53.4 Å². The maximum absolute atomic E-state index is 10.8. The molecule has 0 radical (unpaired) electrons. The molecule has 7 nitrogen and oxygen atoms in total. The van der Waals surface area contributed by atoms with Crippen molar-refractivity contribution in [2.24, 2.45) is 0 Å². The summed E-state index contributed by atoms with van der Waals surface area (Å²) in [6.07, 6.45) is 2.02. The Morgan fingerprint density at radius 2 is 1.85 bits per heavy atom. The second-order valence-corrected chi connectivity index (χ2v) is 7.05. The minimum absolute atomic E-state index is 0.132. The average molecular weight is 369 g/mol. The quantitative estimate of drug-likeness (QED) is 0.510. The summed E-state index contributed by atoms with van der Waals surface area (Å²) in [5, 5.41) is 19.6. The zero-order chi connectivity index (χ0) is 17.9. The number of anilines is 1. The third-order valence-electron chi connectivity index (χ3n) is 4.60. The molecular formula is C18H19N5O2S. The Bertz CT molecular complexity index is 867. The van der Waals surface area contributed by atoms with E-state index in [1.165, 1.54) is 0 Å². The number of nitrogens with zero attached hydrogens (tertiary/aromatic N) is 5. The summed E-state index contributed by atoms with van der Waals surface area (Å²) in [5.74, 6) is 0. The highest BCUT2D eigenvalue weighted by atomic mass is 32.1. The Morgan fingerprint density at radius 3 is 2.50 bits per heavy atom. The minimum atomic E-state index is -0.365. The summed E-state index contributed by atoms with van der Waals surface area (Å²) in [6.45, 7) is 4.44. The van der Waals surface area contributed by atoms with Crippen molar-refractivity contribution in [1.29, 1.82) is 0 Å². The van der Waals surface area contributed by atoms with Gasteiger partial charge in [0.2, 0.25) is 0 Å². The first-order valence-electron chi connectivity index (χ1n) is 8.47. The van der Waals surface area contributed by atoms with Crippen LogP contribution in [-0.2, 0) is 6.67 Å². The maximum atomic E-state index is 10.8. The standard InChI is InChI=1S/C18H19N5O2S/c24-23(25)17-3-1-16(2-4-17)21-10-8-20(9-11-21)14-22-7-5-18(19-22)15-6-12-26-13-15/h1-7,12-13H,8-11,14H2. The zero-order valence-electron chi connectivity index (χ0n) is 14.2. The van der Waals surface area contributed by atoms with Crippen molar-refractivity contribution in [3.8, 4) is 11.3 Å². The Labute approximate surface area is 155 Å². The summed E-state index contributed by atoms with van der Waals surface area (Å²) in [6, 6.07) is 10.9. The van der Waals surface area contributed by atoms with Gasteiger partial charge in [-0.05, 0) is 29.6 Å². The van der Waals surface area contributed by atoms with Crippen LogP contribution < -0.4 is 4.90 Å². The van der Waals surface area contributed by atoms with Crippen molar-refractivity contribution in [2.45, 2.75) is 6.67 Å². The fourth-order valence-electron chi connectivity index (χ4n) is 3.14. The molecule has 2 aromatic heterocycles. The van der Waals surface area contributed by atoms with E-state index < -0.39 is 0 Å². The van der Waals surface area contributed by atoms with Gasteiger partial charge in [0.05, 0.1) is 17.3 Å². The van der Waals surface area contributed by atoms with Crippen LogP contribution in [0.3, 0.4) is 0 Å². The van der Waals surface area contributed by atoms with Gasteiger partial charge in [-0.25, -0.2) is 0 Å². The van der Waals surface area contributed by atoms with E-state index in [4.69, 9.17) is 0 Å². The second kappa shape index (κ2) is 7.27. The van der Waals surface area contributed by atoms with Gasteiger partial charge in [0.25, 0.3) is 5.69 Å². The van der Waals surface area contributed by atoms with Gasteiger partial charge < -0.3 is 4.90 Å². The lowest BCUT2D eigenvalue weighted by atomic mass is 10.2. The number of nitro benzene ring substituents is 1. The first kappa shape index (κ1) is 16.7. The lowest BCUT2D eigenvalue weighted by Gasteiger charge is -2.35. The van der Waals surface area contributed by atoms with E-state index in [9.17, 15) is 10.1 Å². The zero-order valence-corrected chi connectivity index (χ0v) is 15.0. The number of piperazine rings is 1. The van der Waals surface area contributed by atoms with Crippen LogP contribution in [0.4, 0.5) is 11.4 Å². The summed E-state index contributed by atoms with van der Waals surface area (Å²) in [7, 11) is 0. The molecule has 1 fully saturated rings. The number of rotatable bonds is 5. The van der Waals surface area contributed by atoms with Crippen molar-refractivity contribution in [3.05, 3.63) is 63.5 Å². The Morgan fingerprint density at radius 1 is 1.08 bits per heavy atom. The van der Waals surface area contributed by atoms with Crippen LogP contribution in [0, 0.1) is 10.1 Å². The van der Waals surface area contributed by atoms with Crippen LogP contribution in [0.25, 0.3) is 11.3 Å². The largest absolute Gasteiger partial charge is 0.369 e. The Kier molecular flexibility index (Phi) is 4.68. The molecule has 1 aliphatic rings. The first-order valence-corrected chi connectivity index (χ1v) is 9.41. The highest BCUT2D eigenvalue weighted by Crippen LogP contribution is 2.22. The summed E-state index contributed by atoms with van der Waals surface area (Å²) in [4.78, 5) is 15.0.